The molecule has 6 atom stereocenters. The van der Waals surface area contributed by atoms with Gasteiger partial charge in [0.05, 0.1) is 14.2 Å². The average Bonchev–Trinajstić information content (AvgIpc) is 2.96. The van der Waals surface area contributed by atoms with Gasteiger partial charge in [0.25, 0.3) is 0 Å². The van der Waals surface area contributed by atoms with Gasteiger partial charge in [-0.2, -0.15) is 0 Å². The summed E-state index contributed by atoms with van der Waals surface area (Å²) in [6, 6.07) is 10.3. The number of carbonyl (C=O) groups is 1. The first-order valence-corrected chi connectivity index (χ1v) is 14.7. The Balaban J connectivity index is 1.67. The highest BCUT2D eigenvalue weighted by Gasteiger charge is 2.51. The summed E-state index contributed by atoms with van der Waals surface area (Å²) in [5, 5.41) is 30.9. The average molecular weight is 573 g/mol. The van der Waals surface area contributed by atoms with Crippen LogP contribution in [0.5, 0.6) is 23.0 Å². The number of benzene rings is 2. The summed E-state index contributed by atoms with van der Waals surface area (Å²) < 4.78 is 10.6. The van der Waals surface area contributed by atoms with Gasteiger partial charge >= 0.3 is 0 Å². The number of hydrogen-bond acceptors (Lipinski definition) is 6. The van der Waals surface area contributed by atoms with Gasteiger partial charge in [-0.3, -0.25) is 4.79 Å². The molecule has 0 heterocycles. The zero-order chi connectivity index (χ0) is 30.6. The first kappa shape index (κ1) is 31.0. The van der Waals surface area contributed by atoms with Crippen LogP contribution < -0.4 is 9.47 Å². The topological polar surface area (TPSA) is 96.2 Å². The van der Waals surface area contributed by atoms with E-state index in [0.717, 1.165) is 24.8 Å². The second kappa shape index (κ2) is 13.4. The molecule has 0 unspecified atom stereocenters. The lowest BCUT2D eigenvalue weighted by Gasteiger charge is -2.52. The minimum Gasteiger partial charge on any atom is -0.508 e. The van der Waals surface area contributed by atoms with Crippen molar-refractivity contribution in [2.24, 2.45) is 29.6 Å². The van der Waals surface area contributed by atoms with Crippen LogP contribution in [0, 0.1) is 29.6 Å². The van der Waals surface area contributed by atoms with Crippen LogP contribution in [0.3, 0.4) is 0 Å². The molecule has 0 spiro atoms. The molecule has 3 N–H and O–H groups in total. The van der Waals surface area contributed by atoms with E-state index in [1.807, 2.05) is 12.1 Å². The van der Waals surface area contributed by atoms with E-state index in [0.29, 0.717) is 28.9 Å². The number of ether oxygens (including phenoxy) is 2. The zero-order valence-electron chi connectivity index (χ0n) is 25.5. The maximum Gasteiger partial charge on any atom is 0.163 e. The zero-order valence-corrected chi connectivity index (χ0v) is 25.5. The second-order valence-electron chi connectivity index (χ2n) is 12.0. The number of phenols is 2. The quantitative estimate of drug-likeness (QED) is 0.109. The van der Waals surface area contributed by atoms with E-state index in [9.17, 15) is 20.1 Å². The summed E-state index contributed by atoms with van der Waals surface area (Å²) in [4.78, 5) is 14.0. The molecule has 0 amide bonds. The fourth-order valence-corrected chi connectivity index (χ4v) is 6.91. The Bertz CT molecular complexity index is 1410. The summed E-state index contributed by atoms with van der Waals surface area (Å²) in [6.45, 7) is 8.71. The van der Waals surface area contributed by atoms with Crippen LogP contribution in [0.15, 0.2) is 77.6 Å². The van der Waals surface area contributed by atoms with Crippen molar-refractivity contribution in [2.75, 3.05) is 14.2 Å². The van der Waals surface area contributed by atoms with Crippen molar-refractivity contribution in [2.45, 2.75) is 52.9 Å². The Morgan fingerprint density at radius 3 is 2.38 bits per heavy atom. The van der Waals surface area contributed by atoms with Crippen molar-refractivity contribution in [3.8, 4) is 23.0 Å². The van der Waals surface area contributed by atoms with Crippen molar-refractivity contribution in [1.29, 1.82) is 0 Å². The summed E-state index contributed by atoms with van der Waals surface area (Å²) in [5.41, 5.74) is 4.23. The van der Waals surface area contributed by atoms with Crippen LogP contribution in [0.25, 0.3) is 6.08 Å². The van der Waals surface area contributed by atoms with Gasteiger partial charge in [0.1, 0.15) is 5.76 Å². The second-order valence-corrected chi connectivity index (χ2v) is 12.0. The summed E-state index contributed by atoms with van der Waals surface area (Å²) in [5.74, 6) is 1.20. The Kier molecular flexibility index (Phi) is 9.87. The van der Waals surface area contributed by atoms with Gasteiger partial charge in [-0.05, 0) is 105 Å². The largest absolute Gasteiger partial charge is 0.508 e. The molecule has 6 heteroatoms. The van der Waals surface area contributed by atoms with Crippen LogP contribution in [0.1, 0.15) is 64.0 Å². The fraction of sp³-hybridized carbons (Fsp3) is 0.417. The first-order chi connectivity index (χ1) is 20.0. The number of aliphatic hydroxyl groups is 1. The van der Waals surface area contributed by atoms with E-state index in [4.69, 9.17) is 9.47 Å². The van der Waals surface area contributed by atoms with E-state index in [-0.39, 0.29) is 46.7 Å². The van der Waals surface area contributed by atoms with Gasteiger partial charge in [0.2, 0.25) is 0 Å². The van der Waals surface area contributed by atoms with Gasteiger partial charge in [0.15, 0.2) is 28.8 Å². The van der Waals surface area contributed by atoms with Crippen LogP contribution in [-0.4, -0.2) is 35.3 Å². The molecule has 6 nitrogen and oxygen atoms in total. The molecule has 5 rings (SSSR count). The van der Waals surface area contributed by atoms with Crippen molar-refractivity contribution in [3.05, 3.63) is 88.7 Å². The highest BCUT2D eigenvalue weighted by Crippen LogP contribution is 2.58. The van der Waals surface area contributed by atoms with Gasteiger partial charge in [-0.25, -0.2) is 0 Å². The highest BCUT2D eigenvalue weighted by molar-refractivity contribution is 5.94. The standard InChI is InChI=1S/C36H44O6/c1-21(2)8-7-9-22(3)27-20-28-23(4)16-29(27)35(25-12-15-31(39)34(18-25)42-6)36(28)32(40)19-26(37)13-10-24-11-14-30(38)33(17-24)41-5/h8,10-19,22,27-29,35-39H,7,9,20H2,1-6H3/t22-,27+,28-,29-,35-,36+/m0/s1. The maximum absolute atomic E-state index is 14.0. The van der Waals surface area contributed by atoms with E-state index < -0.39 is 0 Å². The van der Waals surface area contributed by atoms with Gasteiger partial charge in [-0.1, -0.05) is 48.4 Å². The molecule has 1 fully saturated rings. The molecule has 2 aromatic carbocycles. The third-order valence-electron chi connectivity index (χ3n) is 9.06. The van der Waals surface area contributed by atoms with Crippen LogP contribution in [0.4, 0.5) is 0 Å². The molecule has 0 radical (unpaired) electrons. The molecule has 2 aromatic rings. The van der Waals surface area contributed by atoms with Crippen LogP contribution in [-0.2, 0) is 4.79 Å². The number of fused-ring (bicyclic) bond motifs is 2. The lowest BCUT2D eigenvalue weighted by atomic mass is 9.51. The van der Waals surface area contributed by atoms with E-state index in [1.54, 1.807) is 24.3 Å². The predicted molar refractivity (Wildman–Crippen MR) is 167 cm³/mol. The third-order valence-corrected chi connectivity index (χ3v) is 9.06. The fourth-order valence-electron chi connectivity index (χ4n) is 6.91. The van der Waals surface area contributed by atoms with E-state index in [1.165, 1.54) is 43.6 Å². The molecule has 0 aliphatic heterocycles. The van der Waals surface area contributed by atoms with Gasteiger partial charge < -0.3 is 24.8 Å². The van der Waals surface area contributed by atoms with E-state index in [2.05, 4.69) is 39.8 Å². The van der Waals surface area contributed by atoms with Crippen LogP contribution >= 0.6 is 0 Å². The van der Waals surface area contributed by atoms with E-state index >= 15 is 0 Å². The van der Waals surface area contributed by atoms with Crippen molar-refractivity contribution in [1.82, 2.24) is 0 Å². The molecule has 2 bridgehead atoms. The minimum atomic E-state index is -0.347. The molecule has 224 valence electrons. The lowest BCUT2D eigenvalue weighted by molar-refractivity contribution is -0.123. The number of rotatable bonds is 11. The number of aliphatic hydroxyl groups excluding tert-OH is 1. The Morgan fingerprint density at radius 1 is 1.05 bits per heavy atom. The number of ketones is 1. The monoisotopic (exact) mass is 572 g/mol. The molecular formula is C36H44O6. The smallest absolute Gasteiger partial charge is 0.163 e. The molecule has 3 aliphatic rings. The summed E-state index contributed by atoms with van der Waals surface area (Å²) in [6.07, 6.45) is 12.2. The number of methoxy groups -OCH3 is 2. The summed E-state index contributed by atoms with van der Waals surface area (Å²) >= 11 is 0. The summed E-state index contributed by atoms with van der Waals surface area (Å²) in [7, 11) is 3.00. The number of aromatic hydroxyl groups is 2. The van der Waals surface area contributed by atoms with Crippen molar-refractivity contribution < 1.29 is 29.6 Å². The Hall–Kier alpha value is -3.93. The molecular weight excluding hydrogens is 528 g/mol. The number of hydrogen-bond donors (Lipinski definition) is 3. The molecule has 0 aromatic heterocycles. The van der Waals surface area contributed by atoms with Crippen molar-refractivity contribution >= 4 is 11.9 Å². The van der Waals surface area contributed by atoms with Crippen molar-refractivity contribution in [3.63, 3.8) is 0 Å². The molecule has 42 heavy (non-hydrogen) atoms. The maximum atomic E-state index is 14.0. The highest BCUT2D eigenvalue weighted by atomic mass is 16.5. The van der Waals surface area contributed by atoms with Crippen LogP contribution in [0.2, 0.25) is 0 Å². The van der Waals surface area contributed by atoms with Gasteiger partial charge in [0, 0.05) is 17.9 Å². The third kappa shape index (κ3) is 6.75. The molecule has 0 saturated heterocycles. The lowest BCUT2D eigenvalue weighted by Crippen LogP contribution is -2.47. The number of phenolic OH excluding ortho intramolecular Hbond substituents is 2. The SMILES string of the molecule is COc1cc(C=CC(O)=CC(=O)[C@@H]2[C@@H](c3ccc(O)c(OC)c3)[C@H]3C=C(C)[C@@H]2C[C@@H]3[C@@H](C)CCC=C(C)C)ccc1O. The first-order valence-electron chi connectivity index (χ1n) is 14.7. The normalized spacial score (nSPS) is 24.3. The minimum absolute atomic E-state index is 0.0295. The number of carbonyl (C=O) groups excluding carboxylic acids is 1. The molecule has 3 aliphatic carbocycles. The predicted octanol–water partition coefficient (Wildman–Crippen LogP) is 8.13. The number of allylic oxidation sites excluding steroid dienone is 6. The molecule has 1 saturated carbocycles. The van der Waals surface area contributed by atoms with Gasteiger partial charge in [-0.15, -0.1) is 0 Å². The Labute approximate surface area is 249 Å². The Morgan fingerprint density at radius 2 is 1.71 bits per heavy atom.